The van der Waals surface area contributed by atoms with Gasteiger partial charge in [0.2, 0.25) is 0 Å². The van der Waals surface area contributed by atoms with Crippen LogP contribution in [0.3, 0.4) is 0 Å². The molecule has 2 aromatic heterocycles. The monoisotopic (exact) mass is 852 g/mol. The second-order valence-corrected chi connectivity index (χ2v) is 18.7. The number of rotatable bonds is 10. The average Bonchev–Trinajstić information content (AvgIpc) is 3.92. The maximum atomic E-state index is 2.52. The van der Waals surface area contributed by atoms with Gasteiger partial charge in [0.1, 0.15) is 0 Å². The van der Waals surface area contributed by atoms with Crippen molar-refractivity contribution in [2.24, 2.45) is 0 Å². The number of hydrogen-bond acceptors (Lipinski definition) is 0. The normalized spacial score (nSPS) is 14.6. The van der Waals surface area contributed by atoms with Crippen LogP contribution in [-0.4, -0.2) is 9.13 Å². The highest BCUT2D eigenvalue weighted by Gasteiger charge is 2.37. The molecule has 0 N–H and O–H groups in total. The molecular formula is C64H56N2. The largest absolute Gasteiger partial charge is 0.313 e. The number of benzene rings is 8. The smallest absolute Gasteiger partial charge is 0.0541 e. The molecule has 0 spiro atoms. The van der Waals surface area contributed by atoms with Crippen molar-refractivity contribution < 1.29 is 0 Å². The Balaban J connectivity index is 1.07. The first-order valence-corrected chi connectivity index (χ1v) is 23.9. The highest BCUT2D eigenvalue weighted by Crippen LogP contribution is 2.50. The summed E-state index contributed by atoms with van der Waals surface area (Å²) in [6, 6.07) is 70.0. The lowest BCUT2D eigenvalue weighted by Gasteiger charge is -2.22. The molecule has 0 saturated carbocycles. The summed E-state index contributed by atoms with van der Waals surface area (Å²) in [5.41, 5.74) is 23.0. The summed E-state index contributed by atoms with van der Waals surface area (Å²) in [6.07, 6.45) is 8.92. The van der Waals surface area contributed by atoms with Gasteiger partial charge in [-0.2, -0.15) is 0 Å². The second kappa shape index (κ2) is 16.9. The number of aromatic nitrogens is 2. The van der Waals surface area contributed by atoms with Crippen molar-refractivity contribution >= 4 is 38.3 Å². The predicted octanol–water partition coefficient (Wildman–Crippen LogP) is 17.2. The van der Waals surface area contributed by atoms with Gasteiger partial charge in [-0.15, -0.1) is 0 Å². The zero-order valence-corrected chi connectivity index (χ0v) is 38.8. The Kier molecular flexibility index (Phi) is 10.5. The first kappa shape index (κ1) is 41.3. The number of fused-ring (bicyclic) bond motifs is 5. The molecule has 0 bridgehead atoms. The lowest BCUT2D eigenvalue weighted by Crippen LogP contribution is -2.15. The summed E-state index contributed by atoms with van der Waals surface area (Å²) in [7, 11) is 0. The zero-order valence-electron chi connectivity index (χ0n) is 38.8. The third kappa shape index (κ3) is 7.04. The Bertz CT molecular complexity index is 3500. The number of allylic oxidation sites excluding steroid dienone is 4. The predicted molar refractivity (Wildman–Crippen MR) is 282 cm³/mol. The summed E-state index contributed by atoms with van der Waals surface area (Å²) in [5, 5.41) is 3.84. The summed E-state index contributed by atoms with van der Waals surface area (Å²) in [4.78, 5) is 0. The minimum absolute atomic E-state index is 0.0813. The maximum absolute atomic E-state index is 2.52. The van der Waals surface area contributed by atoms with Crippen LogP contribution in [0.2, 0.25) is 0 Å². The Morgan fingerprint density at radius 1 is 0.470 bits per heavy atom. The molecular weight excluding hydrogens is 797 g/mol. The summed E-state index contributed by atoms with van der Waals surface area (Å²) < 4.78 is 4.90. The molecule has 0 atom stereocenters. The van der Waals surface area contributed by atoms with Gasteiger partial charge in [0.25, 0.3) is 0 Å². The van der Waals surface area contributed by atoms with E-state index in [9.17, 15) is 0 Å². The van der Waals surface area contributed by atoms with E-state index in [0.717, 1.165) is 31.4 Å². The number of aryl methyl sites for hydroxylation is 1. The first-order chi connectivity index (χ1) is 32.3. The molecule has 322 valence electrons. The van der Waals surface area contributed by atoms with E-state index in [1.165, 1.54) is 111 Å². The molecule has 1 aliphatic carbocycles. The van der Waals surface area contributed by atoms with E-state index in [1.54, 1.807) is 0 Å². The SMILES string of the molecule is CC/C=C1\C(=C/Cc2cc(-c3ccc(-n4c(CCC)c(C)c5ccccc54)cc3)cc(-c3ccc4c(c3)c3cc(-c5ccccc5)ccc3n4-c3ccccc3)c2)C(C)(C)c2ccccc21. The summed E-state index contributed by atoms with van der Waals surface area (Å²) in [5.74, 6) is 0. The molecule has 2 heterocycles. The van der Waals surface area contributed by atoms with E-state index in [-0.39, 0.29) is 5.41 Å². The Hall–Kier alpha value is -7.42. The topological polar surface area (TPSA) is 9.86 Å². The fourth-order valence-electron chi connectivity index (χ4n) is 11.0. The molecule has 8 aromatic carbocycles. The van der Waals surface area contributed by atoms with Crippen LogP contribution in [0.1, 0.15) is 68.5 Å². The number of para-hydroxylation sites is 2. The van der Waals surface area contributed by atoms with Gasteiger partial charge in [-0.25, -0.2) is 0 Å². The fourth-order valence-corrected chi connectivity index (χ4v) is 11.0. The molecule has 2 heteroatoms. The van der Waals surface area contributed by atoms with E-state index in [4.69, 9.17) is 0 Å². The molecule has 0 unspecified atom stereocenters. The quantitative estimate of drug-likeness (QED) is 0.130. The Labute approximate surface area is 389 Å². The van der Waals surface area contributed by atoms with Crippen molar-refractivity contribution in [1.29, 1.82) is 0 Å². The molecule has 66 heavy (non-hydrogen) atoms. The van der Waals surface area contributed by atoms with Crippen LogP contribution in [0, 0.1) is 6.92 Å². The van der Waals surface area contributed by atoms with Gasteiger partial charge in [0.05, 0.1) is 16.6 Å². The standard InChI is InChI=1S/C64H56N2/c1-6-18-54-55-25-14-16-26-58(55)64(4,5)59(54)35-28-44-38-49(46-29-33-52(34-30-46)65-60(19-7-2)43(3)53-24-15-17-27-61(53)65)40-50(39-44)48-32-37-63-57(42-48)56-41-47(45-20-10-8-11-21-45)31-36-62(56)66(63)51-22-12-9-13-23-51/h8-18,20-27,29-42H,6-7,19,28H2,1-5H3/b54-18-,59-35+. The summed E-state index contributed by atoms with van der Waals surface area (Å²) in [6.45, 7) is 11.6. The minimum atomic E-state index is -0.0813. The van der Waals surface area contributed by atoms with Crippen molar-refractivity contribution in [2.45, 2.75) is 65.7 Å². The lowest BCUT2D eigenvalue weighted by molar-refractivity contribution is 0.658. The van der Waals surface area contributed by atoms with Crippen molar-refractivity contribution in [3.63, 3.8) is 0 Å². The van der Waals surface area contributed by atoms with Gasteiger partial charge in [-0.1, -0.05) is 174 Å². The van der Waals surface area contributed by atoms with Crippen LogP contribution in [-0.2, 0) is 18.3 Å². The molecule has 1 aliphatic rings. The molecule has 0 saturated heterocycles. The third-order valence-corrected chi connectivity index (χ3v) is 14.2. The van der Waals surface area contributed by atoms with Crippen molar-refractivity contribution in [3.05, 3.63) is 234 Å². The van der Waals surface area contributed by atoms with Crippen LogP contribution in [0.5, 0.6) is 0 Å². The molecule has 10 aromatic rings. The van der Waals surface area contributed by atoms with Gasteiger partial charge in [0, 0.05) is 38.6 Å². The average molecular weight is 853 g/mol. The van der Waals surface area contributed by atoms with E-state index in [1.807, 2.05) is 0 Å². The molecule has 0 aliphatic heterocycles. The molecule has 2 nitrogen and oxygen atoms in total. The van der Waals surface area contributed by atoms with Crippen molar-refractivity contribution in [2.75, 3.05) is 0 Å². The number of hydrogen-bond donors (Lipinski definition) is 0. The van der Waals surface area contributed by atoms with Gasteiger partial charge < -0.3 is 9.13 Å². The van der Waals surface area contributed by atoms with E-state index in [0.29, 0.717) is 0 Å². The Morgan fingerprint density at radius 2 is 1.03 bits per heavy atom. The van der Waals surface area contributed by atoms with Crippen LogP contribution in [0.15, 0.2) is 206 Å². The Morgan fingerprint density at radius 3 is 1.73 bits per heavy atom. The van der Waals surface area contributed by atoms with Gasteiger partial charge in [0.15, 0.2) is 0 Å². The van der Waals surface area contributed by atoms with Gasteiger partial charge in [-0.3, -0.25) is 0 Å². The molecule has 0 fully saturated rings. The zero-order chi connectivity index (χ0) is 44.9. The van der Waals surface area contributed by atoms with Gasteiger partial charge >= 0.3 is 0 Å². The highest BCUT2D eigenvalue weighted by atomic mass is 15.0. The van der Waals surface area contributed by atoms with Crippen LogP contribution >= 0.6 is 0 Å². The molecule has 11 rings (SSSR count). The first-order valence-electron chi connectivity index (χ1n) is 23.9. The van der Waals surface area contributed by atoms with E-state index in [2.05, 4.69) is 244 Å². The highest BCUT2D eigenvalue weighted by molar-refractivity contribution is 6.11. The minimum Gasteiger partial charge on any atom is -0.313 e. The second-order valence-electron chi connectivity index (χ2n) is 18.7. The van der Waals surface area contributed by atoms with Gasteiger partial charge in [-0.05, 0) is 154 Å². The van der Waals surface area contributed by atoms with Crippen LogP contribution < -0.4 is 0 Å². The van der Waals surface area contributed by atoms with E-state index < -0.39 is 0 Å². The molecule has 0 radical (unpaired) electrons. The maximum Gasteiger partial charge on any atom is 0.0541 e. The van der Waals surface area contributed by atoms with Crippen molar-refractivity contribution in [3.8, 4) is 44.8 Å². The molecule has 0 amide bonds. The third-order valence-electron chi connectivity index (χ3n) is 14.2. The summed E-state index contributed by atoms with van der Waals surface area (Å²) >= 11 is 0. The lowest BCUT2D eigenvalue weighted by atomic mass is 9.81. The van der Waals surface area contributed by atoms with Crippen molar-refractivity contribution in [1.82, 2.24) is 9.13 Å². The van der Waals surface area contributed by atoms with Crippen LogP contribution in [0.25, 0.3) is 83.0 Å². The van der Waals surface area contributed by atoms with E-state index >= 15 is 0 Å². The fraction of sp³-hybridized carbons (Fsp3) is 0.156. The number of nitrogens with zero attached hydrogens (tertiary/aromatic N) is 2. The van der Waals surface area contributed by atoms with Crippen LogP contribution in [0.4, 0.5) is 0 Å².